The second kappa shape index (κ2) is 24.2. The zero-order valence-corrected chi connectivity index (χ0v) is 23.2. The van der Waals surface area contributed by atoms with E-state index in [0.29, 0.717) is 6.42 Å². The van der Waals surface area contributed by atoms with Crippen LogP contribution >= 0.6 is 0 Å². The number of hydrogen-bond acceptors (Lipinski definition) is 8. The summed E-state index contributed by atoms with van der Waals surface area (Å²) in [5, 5.41) is 18.6. The van der Waals surface area contributed by atoms with Crippen LogP contribution in [-0.2, 0) is 28.6 Å². The van der Waals surface area contributed by atoms with Gasteiger partial charge in [-0.3, -0.25) is 14.4 Å². The summed E-state index contributed by atoms with van der Waals surface area (Å²) in [6.07, 6.45) is 18.1. The Bertz CT molecular complexity index is 654. The molecule has 0 aromatic heterocycles. The first-order chi connectivity index (χ1) is 17.7. The van der Waals surface area contributed by atoms with E-state index < -0.39 is 36.2 Å². The molecule has 0 heterocycles. The number of rotatable bonds is 23. The molecule has 3 unspecified atom stereocenters. The van der Waals surface area contributed by atoms with Crippen LogP contribution < -0.4 is 0 Å². The number of unbranched alkanes of at least 4 members (excludes halogenated alkanes) is 8. The highest BCUT2D eigenvalue weighted by Crippen LogP contribution is 2.10. The molecule has 0 saturated carbocycles. The second-order valence-corrected chi connectivity index (χ2v) is 9.56. The maximum atomic E-state index is 12.1. The van der Waals surface area contributed by atoms with E-state index in [-0.39, 0.29) is 32.5 Å². The van der Waals surface area contributed by atoms with E-state index in [4.69, 9.17) is 14.2 Å². The predicted molar refractivity (Wildman–Crippen MR) is 144 cm³/mol. The van der Waals surface area contributed by atoms with Crippen molar-refractivity contribution in [2.75, 3.05) is 13.2 Å². The van der Waals surface area contributed by atoms with Crippen molar-refractivity contribution in [1.82, 2.24) is 0 Å². The molecular formula is C29H50O8. The summed E-state index contributed by atoms with van der Waals surface area (Å²) >= 11 is 0. The van der Waals surface area contributed by atoms with Crippen LogP contribution in [0.25, 0.3) is 0 Å². The Balaban J connectivity index is 4.02. The predicted octanol–water partition coefficient (Wildman–Crippen LogP) is 5.34. The van der Waals surface area contributed by atoms with Crippen LogP contribution in [0.1, 0.15) is 111 Å². The topological polar surface area (TPSA) is 119 Å². The molecule has 8 nitrogen and oxygen atoms in total. The lowest BCUT2D eigenvalue weighted by Gasteiger charge is -2.19. The van der Waals surface area contributed by atoms with E-state index in [0.717, 1.165) is 38.5 Å². The molecule has 0 aliphatic carbocycles. The van der Waals surface area contributed by atoms with Gasteiger partial charge in [0.1, 0.15) is 13.2 Å². The van der Waals surface area contributed by atoms with E-state index in [1.54, 1.807) is 0 Å². The first-order valence-corrected chi connectivity index (χ1v) is 13.9. The van der Waals surface area contributed by atoms with Gasteiger partial charge in [-0.1, -0.05) is 63.3 Å². The Kier molecular flexibility index (Phi) is 22.7. The quantitative estimate of drug-likeness (QED) is 0.0792. The fourth-order valence-corrected chi connectivity index (χ4v) is 3.42. The SMILES string of the molecule is CCCCC/C=C\C/C=C\CCCCCCCC(=O)OCC(COC(=O)CC(C)O)OC(=O)CC(C)O. The van der Waals surface area contributed by atoms with Crippen molar-refractivity contribution in [1.29, 1.82) is 0 Å². The first-order valence-electron chi connectivity index (χ1n) is 13.9. The van der Waals surface area contributed by atoms with E-state index in [1.807, 2.05) is 0 Å². The van der Waals surface area contributed by atoms with Gasteiger partial charge >= 0.3 is 17.9 Å². The van der Waals surface area contributed by atoms with Gasteiger partial charge < -0.3 is 24.4 Å². The lowest BCUT2D eigenvalue weighted by molar-refractivity contribution is -0.168. The van der Waals surface area contributed by atoms with Crippen LogP contribution in [0.3, 0.4) is 0 Å². The minimum Gasteiger partial charge on any atom is -0.462 e. The van der Waals surface area contributed by atoms with Crippen molar-refractivity contribution in [3.8, 4) is 0 Å². The molecule has 0 saturated heterocycles. The normalized spacial score (nSPS) is 14.0. The highest BCUT2D eigenvalue weighted by molar-refractivity contribution is 5.71. The number of ether oxygens (including phenoxy) is 3. The molecule has 2 N–H and O–H groups in total. The van der Waals surface area contributed by atoms with E-state index in [9.17, 15) is 24.6 Å². The van der Waals surface area contributed by atoms with Gasteiger partial charge in [0.2, 0.25) is 0 Å². The Hall–Kier alpha value is -2.19. The monoisotopic (exact) mass is 526 g/mol. The zero-order valence-electron chi connectivity index (χ0n) is 23.2. The summed E-state index contributed by atoms with van der Waals surface area (Å²) < 4.78 is 15.4. The number of aliphatic hydroxyl groups is 2. The van der Waals surface area contributed by atoms with Crippen LogP contribution in [0.4, 0.5) is 0 Å². The van der Waals surface area contributed by atoms with Gasteiger partial charge in [-0.25, -0.2) is 0 Å². The molecule has 0 spiro atoms. The van der Waals surface area contributed by atoms with Crippen molar-refractivity contribution in [3.05, 3.63) is 24.3 Å². The number of aliphatic hydroxyl groups excluding tert-OH is 2. The molecule has 0 radical (unpaired) electrons. The largest absolute Gasteiger partial charge is 0.462 e. The Morgan fingerprint density at radius 2 is 1.19 bits per heavy atom. The minimum absolute atomic E-state index is 0.193. The Morgan fingerprint density at radius 1 is 0.676 bits per heavy atom. The third kappa shape index (κ3) is 25.2. The standard InChI is InChI=1S/C29H50O8/c1-4-5-6-7-8-9-10-11-12-13-14-15-16-17-18-19-27(32)35-22-26(37-29(34)21-25(3)31)23-36-28(33)20-24(2)30/h8-9,11-12,24-26,30-31H,4-7,10,13-23H2,1-3H3/b9-8-,12-11-. The summed E-state index contributed by atoms with van der Waals surface area (Å²) in [6, 6.07) is 0. The van der Waals surface area contributed by atoms with Crippen molar-refractivity contribution in [2.24, 2.45) is 0 Å². The first kappa shape index (κ1) is 34.8. The van der Waals surface area contributed by atoms with Crippen LogP contribution in [0.15, 0.2) is 24.3 Å². The molecule has 37 heavy (non-hydrogen) atoms. The molecule has 0 bridgehead atoms. The average Bonchev–Trinajstić information content (AvgIpc) is 2.82. The molecule has 0 rings (SSSR count). The summed E-state index contributed by atoms with van der Waals surface area (Å²) in [7, 11) is 0. The van der Waals surface area contributed by atoms with E-state index in [2.05, 4.69) is 31.2 Å². The van der Waals surface area contributed by atoms with Gasteiger partial charge in [0, 0.05) is 6.42 Å². The van der Waals surface area contributed by atoms with Gasteiger partial charge in [0.05, 0.1) is 25.0 Å². The van der Waals surface area contributed by atoms with Gasteiger partial charge in [-0.2, -0.15) is 0 Å². The number of allylic oxidation sites excluding steroid dienone is 4. The fourth-order valence-electron chi connectivity index (χ4n) is 3.42. The zero-order chi connectivity index (χ0) is 27.7. The lowest BCUT2D eigenvalue weighted by atomic mass is 10.1. The van der Waals surface area contributed by atoms with Crippen LogP contribution in [0, 0.1) is 0 Å². The number of carbonyl (C=O) groups excluding carboxylic acids is 3. The summed E-state index contributed by atoms with van der Waals surface area (Å²) in [4.78, 5) is 35.6. The fraction of sp³-hybridized carbons (Fsp3) is 0.759. The molecule has 0 aromatic carbocycles. The summed E-state index contributed by atoms with van der Waals surface area (Å²) in [5.41, 5.74) is 0. The van der Waals surface area contributed by atoms with Crippen molar-refractivity contribution >= 4 is 17.9 Å². The van der Waals surface area contributed by atoms with E-state index in [1.165, 1.54) is 39.5 Å². The highest BCUT2D eigenvalue weighted by Gasteiger charge is 2.20. The number of carbonyl (C=O) groups is 3. The molecule has 0 aliphatic rings. The van der Waals surface area contributed by atoms with Crippen LogP contribution in [-0.4, -0.2) is 59.6 Å². The minimum atomic E-state index is -0.974. The van der Waals surface area contributed by atoms with Gasteiger partial charge in [-0.15, -0.1) is 0 Å². The van der Waals surface area contributed by atoms with Crippen molar-refractivity contribution in [2.45, 2.75) is 129 Å². The lowest BCUT2D eigenvalue weighted by Crippen LogP contribution is -2.32. The maximum Gasteiger partial charge on any atom is 0.308 e. The molecule has 0 amide bonds. The molecule has 8 heteroatoms. The van der Waals surface area contributed by atoms with Crippen molar-refractivity contribution < 1.29 is 38.8 Å². The Morgan fingerprint density at radius 3 is 1.78 bits per heavy atom. The van der Waals surface area contributed by atoms with E-state index >= 15 is 0 Å². The molecule has 0 aliphatic heterocycles. The average molecular weight is 527 g/mol. The van der Waals surface area contributed by atoms with Crippen LogP contribution in [0.2, 0.25) is 0 Å². The highest BCUT2D eigenvalue weighted by atomic mass is 16.6. The van der Waals surface area contributed by atoms with Crippen LogP contribution in [0.5, 0.6) is 0 Å². The molecule has 0 aromatic rings. The molecular weight excluding hydrogens is 476 g/mol. The maximum absolute atomic E-state index is 12.1. The van der Waals surface area contributed by atoms with Gasteiger partial charge in [-0.05, 0) is 52.4 Å². The third-order valence-electron chi connectivity index (χ3n) is 5.41. The smallest absolute Gasteiger partial charge is 0.308 e. The summed E-state index contributed by atoms with van der Waals surface area (Å²) in [6.45, 7) is 4.58. The Labute approximate surface area is 223 Å². The molecule has 0 fully saturated rings. The van der Waals surface area contributed by atoms with Gasteiger partial charge in [0.25, 0.3) is 0 Å². The van der Waals surface area contributed by atoms with Crippen molar-refractivity contribution in [3.63, 3.8) is 0 Å². The third-order valence-corrected chi connectivity index (χ3v) is 5.41. The number of esters is 3. The molecule has 3 atom stereocenters. The van der Waals surface area contributed by atoms with Gasteiger partial charge in [0.15, 0.2) is 6.10 Å². The second-order valence-electron chi connectivity index (χ2n) is 9.56. The summed E-state index contributed by atoms with van der Waals surface area (Å²) in [5.74, 6) is -1.74. The molecule has 214 valence electrons. The number of hydrogen-bond donors (Lipinski definition) is 2.